The molecule has 0 unspecified atom stereocenters. The second-order valence-corrected chi connectivity index (χ2v) is 7.84. The topological polar surface area (TPSA) is 50.7 Å². The summed E-state index contributed by atoms with van der Waals surface area (Å²) in [6.45, 7) is 2.81. The van der Waals surface area contributed by atoms with Gasteiger partial charge in [-0.2, -0.15) is 0 Å². The van der Waals surface area contributed by atoms with Crippen molar-refractivity contribution in [2.75, 3.05) is 5.32 Å². The van der Waals surface area contributed by atoms with Crippen molar-refractivity contribution in [3.63, 3.8) is 0 Å². The molecule has 0 saturated carbocycles. The van der Waals surface area contributed by atoms with Crippen molar-refractivity contribution in [2.24, 2.45) is 0 Å². The lowest BCUT2D eigenvalue weighted by atomic mass is 10.0. The van der Waals surface area contributed by atoms with E-state index in [4.69, 9.17) is 0 Å². The maximum Gasteiger partial charge on any atom is 0.139 e. The molecule has 4 nitrogen and oxygen atoms in total. The Hall–Kier alpha value is -2.31. The minimum atomic E-state index is 0.629. The summed E-state index contributed by atoms with van der Waals surface area (Å²) in [5.74, 6) is 0.856. The van der Waals surface area contributed by atoms with E-state index >= 15 is 0 Å². The predicted molar refractivity (Wildman–Crippen MR) is 111 cm³/mol. The van der Waals surface area contributed by atoms with Crippen LogP contribution in [0.2, 0.25) is 0 Å². The molecule has 6 heteroatoms. The third-order valence-electron chi connectivity index (χ3n) is 4.18. The third-order valence-corrected chi connectivity index (χ3v) is 5.95. The molecule has 3 heterocycles. The number of aryl methyl sites for hydroxylation is 1. The molecule has 4 aromatic rings. The first-order chi connectivity index (χ1) is 12.8. The second-order valence-electron chi connectivity index (χ2n) is 5.84. The fraction of sp³-hybridized carbons (Fsp3) is 0.150. The summed E-state index contributed by atoms with van der Waals surface area (Å²) < 4.78 is 1.07. The predicted octanol–water partition coefficient (Wildman–Crippen LogP) is 5.69. The zero-order valence-corrected chi connectivity index (χ0v) is 16.6. The van der Waals surface area contributed by atoms with Crippen LogP contribution in [0.3, 0.4) is 0 Å². The Kier molecular flexibility index (Phi) is 4.95. The van der Waals surface area contributed by atoms with Crippen LogP contribution in [0, 0.1) is 0 Å². The first kappa shape index (κ1) is 17.1. The average molecular weight is 425 g/mol. The van der Waals surface area contributed by atoms with E-state index in [1.54, 1.807) is 23.9 Å². The molecule has 0 radical (unpaired) electrons. The lowest BCUT2D eigenvalue weighted by molar-refractivity contribution is 1.03. The molecule has 0 aliphatic carbocycles. The van der Waals surface area contributed by atoms with E-state index in [0.29, 0.717) is 6.54 Å². The Morgan fingerprint density at radius 2 is 1.88 bits per heavy atom. The van der Waals surface area contributed by atoms with E-state index in [-0.39, 0.29) is 0 Å². The van der Waals surface area contributed by atoms with Gasteiger partial charge in [0.2, 0.25) is 0 Å². The molecular formula is C20H17BrN4S. The number of anilines is 1. The quantitative estimate of drug-likeness (QED) is 0.446. The van der Waals surface area contributed by atoms with E-state index in [0.717, 1.165) is 32.6 Å². The van der Waals surface area contributed by atoms with E-state index in [9.17, 15) is 0 Å². The van der Waals surface area contributed by atoms with Crippen molar-refractivity contribution in [1.29, 1.82) is 0 Å². The van der Waals surface area contributed by atoms with Crippen LogP contribution in [-0.2, 0) is 13.0 Å². The van der Waals surface area contributed by atoms with Gasteiger partial charge in [0.1, 0.15) is 17.0 Å². The number of hydrogen-bond acceptors (Lipinski definition) is 5. The summed E-state index contributed by atoms with van der Waals surface area (Å²) in [6.07, 6.45) is 4.40. The zero-order chi connectivity index (χ0) is 17.9. The molecule has 0 atom stereocenters. The SMILES string of the molecule is CCc1sc2ncnc(NCc3ccccn3)c2c1-c1ccc(Br)cc1. The van der Waals surface area contributed by atoms with E-state index in [1.165, 1.54) is 16.0 Å². The van der Waals surface area contributed by atoms with Gasteiger partial charge in [0.25, 0.3) is 0 Å². The van der Waals surface area contributed by atoms with Gasteiger partial charge in [-0.1, -0.05) is 41.1 Å². The van der Waals surface area contributed by atoms with Gasteiger partial charge in [-0.15, -0.1) is 11.3 Å². The van der Waals surface area contributed by atoms with Crippen molar-refractivity contribution in [2.45, 2.75) is 19.9 Å². The first-order valence-electron chi connectivity index (χ1n) is 8.42. The van der Waals surface area contributed by atoms with Crippen LogP contribution in [0.1, 0.15) is 17.5 Å². The fourth-order valence-corrected chi connectivity index (χ4v) is 4.33. The highest BCUT2D eigenvalue weighted by atomic mass is 79.9. The third kappa shape index (κ3) is 3.34. The molecule has 1 aromatic carbocycles. The number of halogens is 1. The van der Waals surface area contributed by atoms with Crippen LogP contribution in [0.4, 0.5) is 5.82 Å². The number of hydrogen-bond donors (Lipinski definition) is 1. The number of fused-ring (bicyclic) bond motifs is 1. The number of aromatic nitrogens is 3. The number of rotatable bonds is 5. The highest BCUT2D eigenvalue weighted by Gasteiger charge is 2.18. The summed E-state index contributed by atoms with van der Waals surface area (Å²) in [7, 11) is 0. The molecule has 1 N–H and O–H groups in total. The fourth-order valence-electron chi connectivity index (χ4n) is 2.96. The van der Waals surface area contributed by atoms with Crippen LogP contribution in [0.15, 0.2) is 59.5 Å². The largest absolute Gasteiger partial charge is 0.364 e. The number of nitrogens with one attached hydrogen (secondary N) is 1. The molecule has 4 rings (SSSR count). The van der Waals surface area contributed by atoms with Gasteiger partial charge in [0, 0.05) is 21.1 Å². The van der Waals surface area contributed by atoms with Crippen LogP contribution in [0.25, 0.3) is 21.3 Å². The van der Waals surface area contributed by atoms with Crippen molar-refractivity contribution >= 4 is 43.3 Å². The minimum absolute atomic E-state index is 0.629. The minimum Gasteiger partial charge on any atom is -0.364 e. The molecule has 0 amide bonds. The van der Waals surface area contributed by atoms with E-state index < -0.39 is 0 Å². The lowest BCUT2D eigenvalue weighted by Gasteiger charge is -2.09. The summed E-state index contributed by atoms with van der Waals surface area (Å²) in [4.78, 5) is 15.7. The van der Waals surface area contributed by atoms with E-state index in [1.807, 2.05) is 18.2 Å². The van der Waals surface area contributed by atoms with Gasteiger partial charge in [-0.25, -0.2) is 9.97 Å². The highest BCUT2D eigenvalue weighted by molar-refractivity contribution is 9.10. The molecule has 0 fully saturated rings. The van der Waals surface area contributed by atoms with Crippen LogP contribution >= 0.6 is 27.3 Å². The Bertz CT molecular complexity index is 1030. The maximum absolute atomic E-state index is 4.52. The highest BCUT2D eigenvalue weighted by Crippen LogP contribution is 2.41. The molecule has 3 aromatic heterocycles. The average Bonchev–Trinajstić information content (AvgIpc) is 3.07. The molecule has 0 aliphatic rings. The van der Waals surface area contributed by atoms with Crippen LogP contribution in [-0.4, -0.2) is 15.0 Å². The maximum atomic E-state index is 4.52. The molecule has 0 spiro atoms. The van der Waals surface area contributed by atoms with Crippen molar-refractivity contribution in [3.05, 3.63) is 70.0 Å². The van der Waals surface area contributed by atoms with Gasteiger partial charge >= 0.3 is 0 Å². The molecule has 0 aliphatic heterocycles. The van der Waals surface area contributed by atoms with Crippen molar-refractivity contribution in [3.8, 4) is 11.1 Å². The Morgan fingerprint density at radius 1 is 1.04 bits per heavy atom. The Morgan fingerprint density at radius 3 is 2.62 bits per heavy atom. The lowest BCUT2D eigenvalue weighted by Crippen LogP contribution is -2.03. The van der Waals surface area contributed by atoms with E-state index in [2.05, 4.69) is 67.4 Å². The Labute approximate surface area is 164 Å². The van der Waals surface area contributed by atoms with Crippen LogP contribution < -0.4 is 5.32 Å². The number of thiophene rings is 1. The normalized spacial score (nSPS) is 11.0. The van der Waals surface area contributed by atoms with Crippen molar-refractivity contribution < 1.29 is 0 Å². The summed E-state index contributed by atoms with van der Waals surface area (Å²) in [6, 6.07) is 14.3. The Balaban J connectivity index is 1.81. The summed E-state index contributed by atoms with van der Waals surface area (Å²) >= 11 is 5.26. The number of nitrogens with zero attached hydrogens (tertiary/aromatic N) is 3. The molecular weight excluding hydrogens is 408 g/mol. The zero-order valence-electron chi connectivity index (χ0n) is 14.2. The molecule has 0 saturated heterocycles. The molecule has 0 bridgehead atoms. The summed E-state index contributed by atoms with van der Waals surface area (Å²) in [5, 5.41) is 4.54. The van der Waals surface area contributed by atoms with Gasteiger partial charge in [0.15, 0.2) is 0 Å². The van der Waals surface area contributed by atoms with Gasteiger partial charge in [0.05, 0.1) is 17.6 Å². The molecule has 130 valence electrons. The smallest absolute Gasteiger partial charge is 0.139 e. The monoisotopic (exact) mass is 424 g/mol. The molecule has 26 heavy (non-hydrogen) atoms. The second kappa shape index (κ2) is 7.51. The van der Waals surface area contributed by atoms with Gasteiger partial charge in [-0.05, 0) is 36.2 Å². The van der Waals surface area contributed by atoms with Gasteiger partial charge < -0.3 is 5.32 Å². The van der Waals surface area contributed by atoms with Gasteiger partial charge in [-0.3, -0.25) is 4.98 Å². The number of benzene rings is 1. The van der Waals surface area contributed by atoms with Crippen LogP contribution in [0.5, 0.6) is 0 Å². The standard InChI is InChI=1S/C20H17BrN4S/c1-2-16-17(13-6-8-14(21)9-7-13)18-19(24-12-25-20(18)26-16)23-11-15-5-3-4-10-22-15/h3-10,12H,2,11H2,1H3,(H,23,24,25). The van der Waals surface area contributed by atoms with Crippen molar-refractivity contribution in [1.82, 2.24) is 15.0 Å². The summed E-state index contributed by atoms with van der Waals surface area (Å²) in [5.41, 5.74) is 3.39. The first-order valence-corrected chi connectivity index (χ1v) is 10.0. The number of pyridine rings is 1.